The number of piperidine rings is 1. The number of hydrogen-bond acceptors (Lipinski definition) is 4. The van der Waals surface area contributed by atoms with Crippen molar-refractivity contribution in [3.63, 3.8) is 0 Å². The number of nitrogens with zero attached hydrogens (tertiary/aromatic N) is 1. The monoisotopic (exact) mass is 504 g/mol. The minimum absolute atomic E-state index is 0.0792. The van der Waals surface area contributed by atoms with Gasteiger partial charge in [-0.05, 0) is 86.5 Å². The van der Waals surface area contributed by atoms with E-state index in [0.29, 0.717) is 42.7 Å². The summed E-state index contributed by atoms with van der Waals surface area (Å²) in [6.45, 7) is 7.52. The van der Waals surface area contributed by atoms with E-state index in [4.69, 9.17) is 32.7 Å². The van der Waals surface area contributed by atoms with E-state index in [0.717, 1.165) is 35.9 Å². The number of nitrogens with one attached hydrogen (secondary N) is 1. The van der Waals surface area contributed by atoms with Gasteiger partial charge in [0.05, 0.1) is 12.0 Å². The zero-order valence-corrected chi connectivity index (χ0v) is 21.3. The Morgan fingerprint density at radius 3 is 2.65 bits per heavy atom. The molecule has 0 bridgehead atoms. The molecule has 2 saturated heterocycles. The van der Waals surface area contributed by atoms with Gasteiger partial charge in [-0.2, -0.15) is 0 Å². The molecule has 1 amide bonds. The summed E-state index contributed by atoms with van der Waals surface area (Å²) in [4.78, 5) is 16.0. The van der Waals surface area contributed by atoms with Crippen molar-refractivity contribution in [2.24, 2.45) is 5.92 Å². The van der Waals surface area contributed by atoms with Crippen LogP contribution in [0.1, 0.15) is 44.6 Å². The molecular formula is C27H34Cl2N2O3. The van der Waals surface area contributed by atoms with Crippen molar-refractivity contribution in [3.8, 4) is 5.75 Å². The van der Waals surface area contributed by atoms with Gasteiger partial charge in [-0.25, -0.2) is 0 Å². The van der Waals surface area contributed by atoms with E-state index in [2.05, 4.69) is 17.1 Å². The average molecular weight is 505 g/mol. The van der Waals surface area contributed by atoms with Gasteiger partial charge in [0, 0.05) is 42.0 Å². The molecule has 184 valence electrons. The standard InChI is InChI=1S/C27H34Cl2N2O3/c1-20-4-2-13-31(19-20)14-3-15-34-23-8-6-22(7-9-23)30-26(32)27(11-16-33-17-12-27)24-10-5-21(28)18-25(24)29/h5-10,18,20H,2-4,11-17,19H2,1H3,(H,30,32)/t20-/m0/s1. The third-order valence-corrected chi connectivity index (χ3v) is 7.52. The summed E-state index contributed by atoms with van der Waals surface area (Å²) >= 11 is 12.6. The van der Waals surface area contributed by atoms with Crippen LogP contribution < -0.4 is 10.1 Å². The molecule has 2 aliphatic rings. The van der Waals surface area contributed by atoms with Crippen LogP contribution in [0.4, 0.5) is 5.69 Å². The Morgan fingerprint density at radius 2 is 1.94 bits per heavy atom. The molecule has 0 aliphatic carbocycles. The van der Waals surface area contributed by atoms with Crippen molar-refractivity contribution >= 4 is 34.8 Å². The van der Waals surface area contributed by atoms with E-state index in [1.54, 1.807) is 12.1 Å². The highest BCUT2D eigenvalue weighted by Crippen LogP contribution is 2.40. The van der Waals surface area contributed by atoms with Crippen LogP contribution in [-0.4, -0.2) is 50.3 Å². The molecule has 0 saturated carbocycles. The number of halogens is 2. The van der Waals surface area contributed by atoms with Gasteiger partial charge in [-0.15, -0.1) is 0 Å². The Labute approximate surface area is 212 Å². The Morgan fingerprint density at radius 1 is 1.18 bits per heavy atom. The summed E-state index contributed by atoms with van der Waals surface area (Å²) in [6.07, 6.45) is 4.79. The number of amides is 1. The topological polar surface area (TPSA) is 50.8 Å². The van der Waals surface area contributed by atoms with Crippen LogP contribution in [0, 0.1) is 5.92 Å². The van der Waals surface area contributed by atoms with Crippen molar-refractivity contribution in [1.82, 2.24) is 4.90 Å². The van der Waals surface area contributed by atoms with Crippen molar-refractivity contribution < 1.29 is 14.3 Å². The third kappa shape index (κ3) is 6.25. The zero-order valence-electron chi connectivity index (χ0n) is 19.8. The van der Waals surface area contributed by atoms with Gasteiger partial charge in [0.1, 0.15) is 5.75 Å². The molecule has 34 heavy (non-hydrogen) atoms. The third-order valence-electron chi connectivity index (χ3n) is 6.97. The largest absolute Gasteiger partial charge is 0.494 e. The maximum Gasteiger partial charge on any atom is 0.235 e. The van der Waals surface area contributed by atoms with E-state index >= 15 is 0 Å². The van der Waals surface area contributed by atoms with Gasteiger partial charge in [0.2, 0.25) is 5.91 Å². The number of hydrogen-bond donors (Lipinski definition) is 1. The number of carbonyl (C=O) groups is 1. The van der Waals surface area contributed by atoms with Gasteiger partial charge in [-0.1, -0.05) is 36.2 Å². The minimum atomic E-state index is -0.749. The first-order chi connectivity index (χ1) is 16.5. The summed E-state index contributed by atoms with van der Waals surface area (Å²) in [5, 5.41) is 4.15. The second-order valence-electron chi connectivity index (χ2n) is 9.55. The molecule has 2 aromatic carbocycles. The maximum atomic E-state index is 13.5. The number of rotatable bonds is 8. The van der Waals surface area contributed by atoms with Crippen molar-refractivity contribution in [3.05, 3.63) is 58.1 Å². The van der Waals surface area contributed by atoms with Gasteiger partial charge in [-0.3, -0.25) is 4.79 Å². The van der Waals surface area contributed by atoms with Gasteiger partial charge in [0.25, 0.3) is 0 Å². The lowest BCUT2D eigenvalue weighted by Crippen LogP contribution is -2.45. The van der Waals surface area contributed by atoms with Gasteiger partial charge in [0.15, 0.2) is 0 Å². The van der Waals surface area contributed by atoms with Gasteiger partial charge < -0.3 is 19.7 Å². The van der Waals surface area contributed by atoms with Crippen LogP contribution in [0.3, 0.4) is 0 Å². The first kappa shape index (κ1) is 25.3. The Hall–Kier alpha value is -1.79. The number of carbonyl (C=O) groups excluding carboxylic acids is 1. The smallest absolute Gasteiger partial charge is 0.235 e. The molecule has 2 aromatic rings. The normalized spacial score (nSPS) is 20.6. The van der Waals surface area contributed by atoms with Crippen LogP contribution in [-0.2, 0) is 14.9 Å². The predicted molar refractivity (Wildman–Crippen MR) is 138 cm³/mol. The minimum Gasteiger partial charge on any atom is -0.494 e. The second kappa shape index (κ2) is 11.8. The zero-order chi connectivity index (χ0) is 24.0. The Balaban J connectivity index is 1.33. The van der Waals surface area contributed by atoms with Crippen molar-refractivity contribution in [1.29, 1.82) is 0 Å². The predicted octanol–water partition coefficient (Wildman–Crippen LogP) is 6.18. The number of anilines is 1. The number of ether oxygens (including phenoxy) is 2. The maximum absolute atomic E-state index is 13.5. The van der Waals surface area contributed by atoms with Crippen LogP contribution >= 0.6 is 23.2 Å². The lowest BCUT2D eigenvalue weighted by atomic mass is 9.73. The quantitative estimate of drug-likeness (QED) is 0.436. The van der Waals surface area contributed by atoms with E-state index in [1.807, 2.05) is 30.3 Å². The molecule has 5 nitrogen and oxygen atoms in total. The number of likely N-dealkylation sites (tertiary alicyclic amines) is 1. The Kier molecular flexibility index (Phi) is 8.75. The van der Waals surface area contributed by atoms with Crippen LogP contribution in [0.15, 0.2) is 42.5 Å². The molecule has 4 rings (SSSR count). The Bertz CT molecular complexity index is 961. The highest BCUT2D eigenvalue weighted by atomic mass is 35.5. The van der Waals surface area contributed by atoms with Crippen molar-refractivity contribution in [2.75, 3.05) is 44.8 Å². The molecule has 0 spiro atoms. The summed E-state index contributed by atoms with van der Waals surface area (Å²) < 4.78 is 11.5. The molecule has 1 atom stereocenters. The van der Waals surface area contributed by atoms with Crippen molar-refractivity contribution in [2.45, 2.75) is 44.4 Å². The van der Waals surface area contributed by atoms with Crippen LogP contribution in [0.25, 0.3) is 0 Å². The summed E-state index contributed by atoms with van der Waals surface area (Å²) in [7, 11) is 0. The fraction of sp³-hybridized carbons (Fsp3) is 0.519. The summed E-state index contributed by atoms with van der Waals surface area (Å²) in [6, 6.07) is 12.9. The van der Waals surface area contributed by atoms with E-state index < -0.39 is 5.41 Å². The number of benzene rings is 2. The van der Waals surface area contributed by atoms with Gasteiger partial charge >= 0.3 is 0 Å². The van der Waals surface area contributed by atoms with E-state index in [9.17, 15) is 4.79 Å². The molecule has 7 heteroatoms. The molecular weight excluding hydrogens is 471 g/mol. The summed E-state index contributed by atoms with van der Waals surface area (Å²) in [5.74, 6) is 1.53. The SMILES string of the molecule is C[C@H]1CCCN(CCCOc2ccc(NC(=O)C3(c4ccc(Cl)cc4Cl)CCOCC3)cc2)C1. The van der Waals surface area contributed by atoms with Crippen LogP contribution in [0.2, 0.25) is 10.0 Å². The second-order valence-corrected chi connectivity index (χ2v) is 10.4. The molecule has 2 heterocycles. The molecule has 0 aromatic heterocycles. The first-order valence-corrected chi connectivity index (χ1v) is 13.0. The van der Waals surface area contributed by atoms with Crippen LogP contribution in [0.5, 0.6) is 5.75 Å². The lowest BCUT2D eigenvalue weighted by Gasteiger charge is -2.36. The van der Waals surface area contributed by atoms with E-state index in [-0.39, 0.29) is 5.91 Å². The molecule has 0 unspecified atom stereocenters. The highest BCUT2D eigenvalue weighted by Gasteiger charge is 2.43. The molecule has 0 radical (unpaired) electrons. The molecule has 2 aliphatic heterocycles. The first-order valence-electron chi connectivity index (χ1n) is 12.3. The average Bonchev–Trinajstić information content (AvgIpc) is 2.83. The molecule has 2 fully saturated rings. The summed E-state index contributed by atoms with van der Waals surface area (Å²) in [5.41, 5.74) is 0.777. The highest BCUT2D eigenvalue weighted by molar-refractivity contribution is 6.35. The van der Waals surface area contributed by atoms with E-state index in [1.165, 1.54) is 25.9 Å². The fourth-order valence-electron chi connectivity index (χ4n) is 5.07. The fourth-order valence-corrected chi connectivity index (χ4v) is 5.66. The molecule has 1 N–H and O–H groups in total. The lowest BCUT2D eigenvalue weighted by molar-refractivity contribution is -0.125.